The van der Waals surface area contributed by atoms with Crippen molar-refractivity contribution in [1.29, 1.82) is 0 Å². The van der Waals surface area contributed by atoms with Gasteiger partial charge in [-0.2, -0.15) is 0 Å². The van der Waals surface area contributed by atoms with Crippen LogP contribution in [0.15, 0.2) is 18.2 Å². The Labute approximate surface area is 110 Å². The number of benzene rings is 1. The first kappa shape index (κ1) is 12.8. The average Bonchev–Trinajstić information content (AvgIpc) is 2.75. The van der Waals surface area contributed by atoms with E-state index in [1.54, 1.807) is 18.2 Å². The summed E-state index contributed by atoms with van der Waals surface area (Å²) < 4.78 is 20.1. The molecule has 1 aromatic rings. The molecule has 0 saturated heterocycles. The van der Waals surface area contributed by atoms with Crippen LogP contribution in [0.1, 0.15) is 13.8 Å². The minimum Gasteiger partial charge on any atom is -0.454 e. The fourth-order valence-electron chi connectivity index (χ4n) is 1.29. The first-order valence-electron chi connectivity index (χ1n) is 5.48. The molecule has 0 radical (unpaired) electrons. The van der Waals surface area contributed by atoms with Gasteiger partial charge in [-0.05, 0) is 12.1 Å². The minimum absolute atomic E-state index is 0.0102. The van der Waals surface area contributed by atoms with Crippen LogP contribution in [0.25, 0.3) is 0 Å². The molecule has 2 rings (SSSR count). The van der Waals surface area contributed by atoms with Crippen molar-refractivity contribution < 1.29 is 23.7 Å². The van der Waals surface area contributed by atoms with E-state index in [4.69, 9.17) is 30.5 Å². The Kier molecular flexibility index (Phi) is 3.81. The zero-order valence-corrected chi connectivity index (χ0v) is 10.8. The van der Waals surface area contributed by atoms with Gasteiger partial charge >= 0.3 is 6.16 Å². The van der Waals surface area contributed by atoms with E-state index in [-0.39, 0.29) is 12.7 Å². The maximum atomic E-state index is 11.4. The third-order valence-corrected chi connectivity index (χ3v) is 2.87. The number of carbonyl (C=O) groups is 1. The lowest BCUT2D eigenvalue weighted by molar-refractivity contribution is 0.0725. The summed E-state index contributed by atoms with van der Waals surface area (Å²) >= 11 is 5.80. The fraction of sp³-hybridized carbons (Fsp3) is 0.417. The summed E-state index contributed by atoms with van der Waals surface area (Å²) in [4.78, 5) is 11.4. The van der Waals surface area contributed by atoms with Gasteiger partial charge in [0, 0.05) is 12.0 Å². The Bertz CT molecular complexity index is 446. The van der Waals surface area contributed by atoms with Gasteiger partial charge in [0.2, 0.25) is 6.79 Å². The summed E-state index contributed by atoms with van der Waals surface area (Å²) in [6.45, 7) is 3.84. The number of fused-ring (bicyclic) bond motifs is 1. The number of hydrogen-bond acceptors (Lipinski definition) is 5. The smallest absolute Gasteiger partial charge is 0.454 e. The summed E-state index contributed by atoms with van der Waals surface area (Å²) in [5, 5.41) is 0. The highest BCUT2D eigenvalue weighted by Gasteiger charge is 2.19. The summed E-state index contributed by atoms with van der Waals surface area (Å²) in [7, 11) is 0. The van der Waals surface area contributed by atoms with Gasteiger partial charge < -0.3 is 18.9 Å². The van der Waals surface area contributed by atoms with Crippen LogP contribution >= 0.6 is 11.6 Å². The second-order valence-corrected chi connectivity index (χ2v) is 4.51. The number of hydrogen-bond donors (Lipinski definition) is 0. The molecule has 1 heterocycles. The van der Waals surface area contributed by atoms with Crippen LogP contribution in [0.2, 0.25) is 0 Å². The monoisotopic (exact) mass is 272 g/mol. The Morgan fingerprint density at radius 3 is 2.78 bits per heavy atom. The molecular weight excluding hydrogens is 260 g/mol. The molecule has 0 saturated carbocycles. The van der Waals surface area contributed by atoms with Crippen LogP contribution < -0.4 is 14.2 Å². The number of rotatable bonds is 3. The maximum absolute atomic E-state index is 11.4. The topological polar surface area (TPSA) is 54.0 Å². The van der Waals surface area contributed by atoms with Gasteiger partial charge in [0.1, 0.15) is 5.75 Å². The Hall–Kier alpha value is -1.62. The second kappa shape index (κ2) is 5.35. The van der Waals surface area contributed by atoms with Gasteiger partial charge in [0.15, 0.2) is 17.1 Å². The van der Waals surface area contributed by atoms with Crippen molar-refractivity contribution >= 4 is 17.8 Å². The third-order valence-electron chi connectivity index (χ3n) is 2.28. The first-order chi connectivity index (χ1) is 8.56. The summed E-state index contributed by atoms with van der Waals surface area (Å²) in [6, 6.07) is 4.81. The number of alkyl halides is 1. The van der Waals surface area contributed by atoms with Gasteiger partial charge in [-0.15, -0.1) is 0 Å². The van der Waals surface area contributed by atoms with E-state index in [2.05, 4.69) is 0 Å². The molecule has 1 unspecified atom stereocenters. The third kappa shape index (κ3) is 2.98. The number of carbonyl (C=O) groups excluding carboxylic acids is 1. The molecule has 0 amide bonds. The van der Waals surface area contributed by atoms with Crippen molar-refractivity contribution in [2.45, 2.75) is 19.4 Å². The van der Waals surface area contributed by atoms with Crippen molar-refractivity contribution in [3.63, 3.8) is 0 Å². The predicted molar refractivity (Wildman–Crippen MR) is 64.2 cm³/mol. The summed E-state index contributed by atoms with van der Waals surface area (Å²) in [5.74, 6) is 1.48. The molecule has 0 spiro atoms. The van der Waals surface area contributed by atoms with Gasteiger partial charge in [0.05, 0.1) is 0 Å². The van der Waals surface area contributed by atoms with Crippen molar-refractivity contribution in [3.05, 3.63) is 18.2 Å². The zero-order valence-electron chi connectivity index (χ0n) is 10.0. The molecule has 0 bridgehead atoms. The fourth-order valence-corrected chi connectivity index (χ4v) is 1.36. The normalized spacial score (nSPS) is 14.4. The Morgan fingerprint density at radius 2 is 2.06 bits per heavy atom. The molecule has 0 aliphatic carbocycles. The highest BCUT2D eigenvalue weighted by molar-refractivity contribution is 6.20. The molecular formula is C12H13ClO5. The van der Waals surface area contributed by atoms with Gasteiger partial charge in [-0.25, -0.2) is 4.79 Å². The van der Waals surface area contributed by atoms with E-state index in [9.17, 15) is 4.79 Å². The van der Waals surface area contributed by atoms with E-state index in [1.807, 2.05) is 13.8 Å². The predicted octanol–water partition coefficient (Wildman–Crippen LogP) is 3.15. The van der Waals surface area contributed by atoms with Gasteiger partial charge in [-0.3, -0.25) is 0 Å². The molecule has 0 fully saturated rings. The van der Waals surface area contributed by atoms with Crippen LogP contribution in [0.5, 0.6) is 17.2 Å². The lowest BCUT2D eigenvalue weighted by atomic mass is 10.2. The highest BCUT2D eigenvalue weighted by Crippen LogP contribution is 2.35. The molecule has 1 aromatic carbocycles. The van der Waals surface area contributed by atoms with E-state index >= 15 is 0 Å². The lowest BCUT2D eigenvalue weighted by Crippen LogP contribution is -2.20. The van der Waals surface area contributed by atoms with Crippen LogP contribution in [0.4, 0.5) is 4.79 Å². The molecule has 0 N–H and O–H groups in total. The van der Waals surface area contributed by atoms with Gasteiger partial charge in [-0.1, -0.05) is 25.4 Å². The summed E-state index contributed by atoms with van der Waals surface area (Å²) in [6.07, 6.45) is -0.845. The summed E-state index contributed by atoms with van der Waals surface area (Å²) in [5.41, 5.74) is -0.716. The zero-order chi connectivity index (χ0) is 13.1. The van der Waals surface area contributed by atoms with Crippen molar-refractivity contribution in [2.24, 2.45) is 5.92 Å². The van der Waals surface area contributed by atoms with Crippen LogP contribution in [-0.4, -0.2) is 18.5 Å². The van der Waals surface area contributed by atoms with E-state index in [0.717, 1.165) is 0 Å². The minimum atomic E-state index is -0.845. The standard InChI is InChI=1S/C12H13ClO5/c1-7(2)11(13)18-12(14)17-8-3-4-9-10(5-8)16-6-15-9/h3-5,7,11H,6H2,1-2H3. The van der Waals surface area contributed by atoms with Crippen molar-refractivity contribution in [1.82, 2.24) is 0 Å². The molecule has 1 aliphatic heterocycles. The Balaban J connectivity index is 1.95. The lowest BCUT2D eigenvalue weighted by Gasteiger charge is -2.13. The first-order valence-corrected chi connectivity index (χ1v) is 5.92. The molecule has 98 valence electrons. The largest absolute Gasteiger partial charge is 0.515 e. The molecule has 18 heavy (non-hydrogen) atoms. The molecule has 1 aliphatic rings. The average molecular weight is 273 g/mol. The van der Waals surface area contributed by atoms with Crippen LogP contribution in [-0.2, 0) is 4.74 Å². The van der Waals surface area contributed by atoms with Crippen LogP contribution in [0.3, 0.4) is 0 Å². The van der Waals surface area contributed by atoms with Crippen molar-refractivity contribution in [2.75, 3.05) is 6.79 Å². The molecule has 0 aromatic heterocycles. The quantitative estimate of drug-likeness (QED) is 0.481. The molecule has 5 nitrogen and oxygen atoms in total. The van der Waals surface area contributed by atoms with Crippen molar-refractivity contribution in [3.8, 4) is 17.2 Å². The SMILES string of the molecule is CC(C)C(Cl)OC(=O)Oc1ccc2c(c1)OCO2. The van der Waals surface area contributed by atoms with Crippen LogP contribution in [0, 0.1) is 5.92 Å². The number of halogens is 1. The number of ether oxygens (including phenoxy) is 4. The second-order valence-electron chi connectivity index (χ2n) is 4.08. The van der Waals surface area contributed by atoms with Gasteiger partial charge in [0.25, 0.3) is 0 Å². The van der Waals surface area contributed by atoms with E-state index in [0.29, 0.717) is 17.2 Å². The molecule has 1 atom stereocenters. The van der Waals surface area contributed by atoms with E-state index < -0.39 is 11.7 Å². The van der Waals surface area contributed by atoms with E-state index in [1.165, 1.54) is 0 Å². The Morgan fingerprint density at radius 1 is 1.33 bits per heavy atom. The highest BCUT2D eigenvalue weighted by atomic mass is 35.5. The maximum Gasteiger partial charge on any atom is 0.515 e. The molecule has 6 heteroatoms.